The van der Waals surface area contributed by atoms with Gasteiger partial charge in [-0.3, -0.25) is 4.79 Å². The maximum atomic E-state index is 12.2. The lowest BCUT2D eigenvalue weighted by atomic mass is 9.89. The molecule has 4 nitrogen and oxygen atoms in total. The highest BCUT2D eigenvalue weighted by Crippen LogP contribution is 2.29. The molecule has 0 heterocycles. The van der Waals surface area contributed by atoms with Crippen molar-refractivity contribution in [2.24, 2.45) is 11.8 Å². The third-order valence-electron chi connectivity index (χ3n) is 3.43. The van der Waals surface area contributed by atoms with Crippen LogP contribution in [0.15, 0.2) is 30.3 Å². The van der Waals surface area contributed by atoms with E-state index in [2.05, 4.69) is 13.8 Å². The van der Waals surface area contributed by atoms with E-state index in [1.54, 1.807) is 7.11 Å². The van der Waals surface area contributed by atoms with Gasteiger partial charge >= 0.3 is 5.97 Å². The normalized spacial score (nSPS) is 13.9. The Bertz CT molecular complexity index is 416. The maximum absolute atomic E-state index is 12.2. The third-order valence-corrected chi connectivity index (χ3v) is 3.43. The molecule has 0 aromatic heterocycles. The number of rotatable bonds is 10. The highest BCUT2D eigenvalue weighted by atomic mass is 16.7. The summed E-state index contributed by atoms with van der Waals surface area (Å²) in [4.78, 5) is 12.2. The topological polar surface area (TPSA) is 44.8 Å². The number of carbonyl (C=O) groups is 1. The van der Waals surface area contributed by atoms with Crippen molar-refractivity contribution in [1.29, 1.82) is 0 Å². The number of benzene rings is 1. The number of hydrogen-bond donors (Lipinski definition) is 0. The first-order valence-electron chi connectivity index (χ1n) is 7.90. The van der Waals surface area contributed by atoms with Crippen molar-refractivity contribution in [3.8, 4) is 0 Å². The van der Waals surface area contributed by atoms with Crippen molar-refractivity contribution < 1.29 is 19.0 Å². The van der Waals surface area contributed by atoms with Crippen molar-refractivity contribution in [2.45, 2.75) is 39.7 Å². The molecule has 124 valence electrons. The van der Waals surface area contributed by atoms with Crippen LogP contribution >= 0.6 is 0 Å². The monoisotopic (exact) mass is 308 g/mol. The Morgan fingerprint density at radius 1 is 1.14 bits per heavy atom. The highest BCUT2D eigenvalue weighted by molar-refractivity contribution is 5.72. The summed E-state index contributed by atoms with van der Waals surface area (Å²) in [7, 11) is 1.60. The van der Waals surface area contributed by atoms with E-state index in [-0.39, 0.29) is 24.8 Å². The zero-order valence-electron chi connectivity index (χ0n) is 14.1. The summed E-state index contributed by atoms with van der Waals surface area (Å²) in [5.74, 6) is 0.119. The van der Waals surface area contributed by atoms with Gasteiger partial charge in [-0.25, -0.2) is 0 Å². The summed E-state index contributed by atoms with van der Waals surface area (Å²) in [6, 6.07) is 9.93. The fourth-order valence-electron chi connectivity index (χ4n) is 2.49. The molecule has 0 bridgehead atoms. The van der Waals surface area contributed by atoms with Crippen LogP contribution in [-0.2, 0) is 19.0 Å². The Hall–Kier alpha value is -1.39. The van der Waals surface area contributed by atoms with E-state index in [4.69, 9.17) is 14.2 Å². The van der Waals surface area contributed by atoms with E-state index in [9.17, 15) is 4.79 Å². The lowest BCUT2D eigenvalue weighted by Crippen LogP contribution is -2.23. The first-order valence-corrected chi connectivity index (χ1v) is 7.90. The Labute approximate surface area is 133 Å². The van der Waals surface area contributed by atoms with Crippen molar-refractivity contribution >= 4 is 5.97 Å². The average molecular weight is 308 g/mol. The van der Waals surface area contributed by atoms with Crippen LogP contribution in [0.5, 0.6) is 0 Å². The van der Waals surface area contributed by atoms with Gasteiger partial charge in [-0.2, -0.15) is 0 Å². The number of esters is 1. The summed E-state index contributed by atoms with van der Waals surface area (Å²) in [5.41, 5.74) is 1.05. The van der Waals surface area contributed by atoms with E-state index in [1.165, 1.54) is 0 Å². The number of carbonyl (C=O) groups excluding carboxylic acids is 1. The fraction of sp³-hybridized carbons (Fsp3) is 0.611. The van der Waals surface area contributed by atoms with Gasteiger partial charge in [-0.05, 0) is 31.2 Å². The van der Waals surface area contributed by atoms with Crippen LogP contribution in [0.3, 0.4) is 0 Å². The second kappa shape index (κ2) is 10.4. The molecular weight excluding hydrogens is 280 g/mol. The van der Waals surface area contributed by atoms with Gasteiger partial charge in [0.1, 0.15) is 6.79 Å². The molecular formula is C18H28O4. The molecule has 0 saturated heterocycles. The summed E-state index contributed by atoms with van der Waals surface area (Å²) >= 11 is 0. The molecule has 0 amide bonds. The Balaban J connectivity index is 2.84. The molecule has 0 aliphatic rings. The Morgan fingerprint density at radius 2 is 1.82 bits per heavy atom. The first kappa shape index (κ1) is 18.7. The zero-order valence-corrected chi connectivity index (χ0v) is 14.1. The largest absolute Gasteiger partial charge is 0.466 e. The SMILES string of the molecule is CCOC(=O)[C@@H](CC(C)C)C[C@H](OCOC)c1ccccc1. The van der Waals surface area contributed by atoms with Gasteiger partial charge in [0.2, 0.25) is 0 Å². The summed E-state index contributed by atoms with van der Waals surface area (Å²) in [6.07, 6.45) is 1.22. The van der Waals surface area contributed by atoms with E-state index < -0.39 is 0 Å². The molecule has 22 heavy (non-hydrogen) atoms. The highest BCUT2D eigenvalue weighted by Gasteiger charge is 2.26. The molecule has 1 aromatic carbocycles. The molecule has 0 unspecified atom stereocenters. The lowest BCUT2D eigenvalue weighted by molar-refractivity contribution is -0.151. The van der Waals surface area contributed by atoms with Crippen LogP contribution in [0.1, 0.15) is 45.3 Å². The molecule has 0 aliphatic carbocycles. The maximum Gasteiger partial charge on any atom is 0.309 e. The van der Waals surface area contributed by atoms with E-state index >= 15 is 0 Å². The van der Waals surface area contributed by atoms with Crippen LogP contribution in [-0.4, -0.2) is 26.5 Å². The summed E-state index contributed by atoms with van der Waals surface area (Å²) in [6.45, 7) is 6.67. The van der Waals surface area contributed by atoms with E-state index in [0.717, 1.165) is 12.0 Å². The van der Waals surface area contributed by atoms with Crippen LogP contribution in [0.25, 0.3) is 0 Å². The van der Waals surface area contributed by atoms with Crippen molar-refractivity contribution in [1.82, 2.24) is 0 Å². The fourth-order valence-corrected chi connectivity index (χ4v) is 2.49. The predicted octanol–water partition coefficient (Wildman–Crippen LogP) is 3.96. The molecule has 1 rings (SSSR count). The van der Waals surface area contributed by atoms with Gasteiger partial charge < -0.3 is 14.2 Å². The average Bonchev–Trinajstić information content (AvgIpc) is 2.51. The van der Waals surface area contributed by atoms with Crippen LogP contribution in [0, 0.1) is 11.8 Å². The molecule has 4 heteroatoms. The van der Waals surface area contributed by atoms with E-state index in [0.29, 0.717) is 18.9 Å². The first-order chi connectivity index (χ1) is 10.6. The van der Waals surface area contributed by atoms with Crippen molar-refractivity contribution in [3.63, 3.8) is 0 Å². The van der Waals surface area contributed by atoms with Gasteiger partial charge in [0.05, 0.1) is 18.6 Å². The molecule has 2 atom stereocenters. The van der Waals surface area contributed by atoms with Gasteiger partial charge in [0, 0.05) is 7.11 Å². The number of methoxy groups -OCH3 is 1. The quantitative estimate of drug-likeness (QED) is 0.485. The standard InChI is InChI=1S/C18H28O4/c1-5-21-18(19)16(11-14(2)3)12-17(22-13-20-4)15-9-7-6-8-10-15/h6-10,14,16-17H,5,11-13H2,1-4H3/t16-,17-/m0/s1. The molecule has 1 aromatic rings. The van der Waals surface area contributed by atoms with Crippen molar-refractivity contribution in [2.75, 3.05) is 20.5 Å². The smallest absolute Gasteiger partial charge is 0.309 e. The predicted molar refractivity (Wildman–Crippen MR) is 86.3 cm³/mol. The summed E-state index contributed by atoms with van der Waals surface area (Å²) in [5, 5.41) is 0. The summed E-state index contributed by atoms with van der Waals surface area (Å²) < 4.78 is 16.0. The van der Waals surface area contributed by atoms with Crippen LogP contribution in [0.2, 0.25) is 0 Å². The molecule has 0 fully saturated rings. The molecule has 0 spiro atoms. The van der Waals surface area contributed by atoms with Crippen LogP contribution in [0.4, 0.5) is 0 Å². The zero-order chi connectivity index (χ0) is 16.4. The van der Waals surface area contributed by atoms with Crippen molar-refractivity contribution in [3.05, 3.63) is 35.9 Å². The molecule has 0 radical (unpaired) electrons. The minimum Gasteiger partial charge on any atom is -0.466 e. The molecule has 0 saturated carbocycles. The minimum atomic E-state index is -0.172. The van der Waals surface area contributed by atoms with E-state index in [1.807, 2.05) is 37.3 Å². The number of hydrogen-bond acceptors (Lipinski definition) is 4. The minimum absolute atomic E-state index is 0.141. The Kier molecular flexibility index (Phi) is 8.78. The van der Waals surface area contributed by atoms with Gasteiger partial charge in [-0.15, -0.1) is 0 Å². The Morgan fingerprint density at radius 3 is 2.36 bits per heavy atom. The van der Waals surface area contributed by atoms with Gasteiger partial charge in [0.25, 0.3) is 0 Å². The number of ether oxygens (including phenoxy) is 3. The van der Waals surface area contributed by atoms with Gasteiger partial charge in [0.15, 0.2) is 0 Å². The lowest BCUT2D eigenvalue weighted by Gasteiger charge is -2.24. The second-order valence-corrected chi connectivity index (χ2v) is 5.79. The molecule has 0 aliphatic heterocycles. The van der Waals surface area contributed by atoms with Gasteiger partial charge in [-0.1, -0.05) is 44.2 Å². The van der Waals surface area contributed by atoms with Crippen LogP contribution < -0.4 is 0 Å². The second-order valence-electron chi connectivity index (χ2n) is 5.79. The molecule has 0 N–H and O–H groups in total. The third kappa shape index (κ3) is 6.58.